The molecule has 2 rings (SSSR count). The zero-order chi connectivity index (χ0) is 12.3. The smallest absolute Gasteiger partial charge is 0.402 e. The van der Waals surface area contributed by atoms with E-state index in [9.17, 15) is 14.9 Å². The zero-order valence-electron chi connectivity index (χ0n) is 8.52. The van der Waals surface area contributed by atoms with E-state index in [2.05, 4.69) is 4.98 Å². The second-order valence-corrected chi connectivity index (χ2v) is 3.06. The molecule has 86 valence electrons. The third-order valence-electron chi connectivity index (χ3n) is 1.97. The fourth-order valence-corrected chi connectivity index (χ4v) is 1.21. The van der Waals surface area contributed by atoms with Crippen LogP contribution in [0.25, 0.3) is 0 Å². The number of aromatic nitrogens is 2. The lowest BCUT2D eigenvalue weighted by Gasteiger charge is -2.04. The van der Waals surface area contributed by atoms with Crippen LogP contribution in [0.15, 0.2) is 43.0 Å². The van der Waals surface area contributed by atoms with Crippen LogP contribution in [0.4, 0.5) is 10.5 Å². The van der Waals surface area contributed by atoms with Gasteiger partial charge in [-0.1, -0.05) is 12.1 Å². The first kappa shape index (κ1) is 10.8. The molecule has 0 unspecified atom stereocenters. The molecule has 0 radical (unpaired) electrons. The van der Waals surface area contributed by atoms with Crippen molar-refractivity contribution >= 4 is 11.8 Å². The molecule has 0 amide bonds. The monoisotopic (exact) mass is 233 g/mol. The van der Waals surface area contributed by atoms with E-state index in [0.717, 1.165) is 4.57 Å². The molecule has 1 heterocycles. The van der Waals surface area contributed by atoms with Crippen LogP contribution < -0.4 is 4.74 Å². The molecule has 0 fully saturated rings. The molecular weight excluding hydrogens is 226 g/mol. The number of benzene rings is 1. The Bertz CT molecular complexity index is 550. The van der Waals surface area contributed by atoms with Crippen LogP contribution in [0.2, 0.25) is 0 Å². The maximum atomic E-state index is 11.5. The molecule has 0 bridgehead atoms. The highest BCUT2D eigenvalue weighted by Gasteiger charge is 2.17. The van der Waals surface area contributed by atoms with Gasteiger partial charge in [0.05, 0.1) is 4.92 Å². The van der Waals surface area contributed by atoms with Gasteiger partial charge in [0.1, 0.15) is 6.33 Å². The van der Waals surface area contributed by atoms with Crippen molar-refractivity contribution in [1.29, 1.82) is 0 Å². The van der Waals surface area contributed by atoms with Crippen molar-refractivity contribution in [1.82, 2.24) is 9.55 Å². The summed E-state index contributed by atoms with van der Waals surface area (Å²) in [6, 6.07) is 5.65. The van der Waals surface area contributed by atoms with E-state index in [4.69, 9.17) is 4.74 Å². The molecule has 0 spiro atoms. The summed E-state index contributed by atoms with van der Waals surface area (Å²) in [6.45, 7) is 0. The highest BCUT2D eigenvalue weighted by Crippen LogP contribution is 2.26. The normalized spacial score (nSPS) is 9.88. The van der Waals surface area contributed by atoms with Crippen LogP contribution in [-0.2, 0) is 0 Å². The maximum absolute atomic E-state index is 11.5. The molecule has 0 aliphatic heterocycles. The van der Waals surface area contributed by atoms with Crippen molar-refractivity contribution in [3.8, 4) is 5.75 Å². The molecule has 17 heavy (non-hydrogen) atoms. The third-order valence-corrected chi connectivity index (χ3v) is 1.97. The van der Waals surface area contributed by atoms with E-state index in [1.807, 2.05) is 0 Å². The van der Waals surface area contributed by atoms with Gasteiger partial charge >= 0.3 is 11.8 Å². The van der Waals surface area contributed by atoms with Gasteiger partial charge in [0.15, 0.2) is 0 Å². The number of carbonyl (C=O) groups excluding carboxylic acids is 1. The lowest BCUT2D eigenvalue weighted by Crippen LogP contribution is -2.15. The van der Waals surface area contributed by atoms with E-state index in [0.29, 0.717) is 0 Å². The highest BCUT2D eigenvalue weighted by atomic mass is 16.6. The molecular formula is C10H7N3O4. The Morgan fingerprint density at radius 2 is 2.18 bits per heavy atom. The number of imidazole rings is 1. The molecule has 0 saturated heterocycles. The van der Waals surface area contributed by atoms with Crippen molar-refractivity contribution in [2.75, 3.05) is 0 Å². The Balaban J connectivity index is 2.25. The van der Waals surface area contributed by atoms with Crippen molar-refractivity contribution < 1.29 is 14.5 Å². The van der Waals surface area contributed by atoms with Crippen LogP contribution in [0.3, 0.4) is 0 Å². The minimum atomic E-state index is -0.753. The molecule has 0 atom stereocenters. The predicted octanol–water partition coefficient (Wildman–Crippen LogP) is 1.84. The number of para-hydroxylation sites is 2. The van der Waals surface area contributed by atoms with Gasteiger partial charge in [-0.3, -0.25) is 10.1 Å². The van der Waals surface area contributed by atoms with Gasteiger partial charge in [0.2, 0.25) is 5.75 Å². The lowest BCUT2D eigenvalue weighted by molar-refractivity contribution is -0.385. The summed E-state index contributed by atoms with van der Waals surface area (Å²) in [5.41, 5.74) is -0.263. The molecule has 1 aromatic carbocycles. The number of nitrogens with zero attached hydrogens (tertiary/aromatic N) is 3. The van der Waals surface area contributed by atoms with Gasteiger partial charge in [0.25, 0.3) is 0 Å². The van der Waals surface area contributed by atoms with Crippen molar-refractivity contribution in [2.45, 2.75) is 0 Å². The first-order valence-corrected chi connectivity index (χ1v) is 4.62. The van der Waals surface area contributed by atoms with E-state index in [1.165, 1.54) is 36.9 Å². The van der Waals surface area contributed by atoms with Crippen LogP contribution in [0.1, 0.15) is 0 Å². The van der Waals surface area contributed by atoms with Gasteiger partial charge in [-0.15, -0.1) is 0 Å². The van der Waals surface area contributed by atoms with Crippen molar-refractivity contribution in [2.24, 2.45) is 0 Å². The van der Waals surface area contributed by atoms with E-state index < -0.39 is 11.0 Å². The summed E-state index contributed by atoms with van der Waals surface area (Å²) >= 11 is 0. The average molecular weight is 233 g/mol. The van der Waals surface area contributed by atoms with Crippen molar-refractivity contribution in [3.63, 3.8) is 0 Å². The zero-order valence-corrected chi connectivity index (χ0v) is 8.52. The van der Waals surface area contributed by atoms with Crippen LogP contribution in [0.5, 0.6) is 5.75 Å². The minimum Gasteiger partial charge on any atom is -0.402 e. The van der Waals surface area contributed by atoms with E-state index >= 15 is 0 Å². The van der Waals surface area contributed by atoms with Gasteiger partial charge in [-0.25, -0.2) is 14.3 Å². The van der Waals surface area contributed by atoms with E-state index in [-0.39, 0.29) is 11.4 Å². The van der Waals surface area contributed by atoms with Gasteiger partial charge in [-0.2, -0.15) is 0 Å². The summed E-state index contributed by atoms with van der Waals surface area (Å²) in [4.78, 5) is 25.3. The number of hydrogen-bond acceptors (Lipinski definition) is 5. The van der Waals surface area contributed by atoms with Gasteiger partial charge in [0, 0.05) is 18.5 Å². The SMILES string of the molecule is O=C(Oc1ccccc1[N+](=O)[O-])n1ccnc1. The number of rotatable bonds is 2. The lowest BCUT2D eigenvalue weighted by atomic mass is 10.3. The number of carbonyl (C=O) groups is 1. The molecule has 0 saturated carbocycles. The summed E-state index contributed by atoms with van der Waals surface area (Å²) < 4.78 is 5.97. The highest BCUT2D eigenvalue weighted by molar-refractivity contribution is 5.74. The minimum absolute atomic E-state index is 0.101. The molecule has 0 N–H and O–H groups in total. The summed E-state index contributed by atoms with van der Waals surface area (Å²) in [5, 5.41) is 10.7. The molecule has 1 aromatic heterocycles. The fourth-order valence-electron chi connectivity index (χ4n) is 1.21. The standard InChI is InChI=1S/C10H7N3O4/c14-10(12-6-5-11-7-12)17-9-4-2-1-3-8(9)13(15)16/h1-7H. The number of hydrogen-bond donors (Lipinski definition) is 0. The second-order valence-electron chi connectivity index (χ2n) is 3.06. The van der Waals surface area contributed by atoms with Gasteiger partial charge in [-0.05, 0) is 6.07 Å². The summed E-state index contributed by atoms with van der Waals surface area (Å²) in [6.07, 6.45) is 3.28. The Kier molecular flexibility index (Phi) is 2.82. The maximum Gasteiger partial charge on any atom is 0.424 e. The molecule has 0 aliphatic rings. The van der Waals surface area contributed by atoms with Crippen molar-refractivity contribution in [3.05, 3.63) is 53.1 Å². The summed E-state index contributed by atoms with van der Waals surface area (Å²) in [7, 11) is 0. The van der Waals surface area contributed by atoms with Gasteiger partial charge < -0.3 is 4.74 Å². The average Bonchev–Trinajstić information content (AvgIpc) is 2.83. The Labute approximate surface area is 95.4 Å². The molecule has 7 heteroatoms. The van der Waals surface area contributed by atoms with Crippen LogP contribution in [-0.4, -0.2) is 20.6 Å². The number of nitro groups is 1. The number of ether oxygens (including phenoxy) is 1. The Morgan fingerprint density at radius 3 is 2.82 bits per heavy atom. The Hall–Kier alpha value is -2.70. The second kappa shape index (κ2) is 4.44. The third kappa shape index (κ3) is 2.28. The Morgan fingerprint density at radius 1 is 1.41 bits per heavy atom. The molecule has 7 nitrogen and oxygen atoms in total. The molecule has 0 aliphatic carbocycles. The molecule has 2 aromatic rings. The van der Waals surface area contributed by atoms with Crippen LogP contribution >= 0.6 is 0 Å². The quantitative estimate of drug-likeness (QED) is 0.583. The van der Waals surface area contributed by atoms with Crippen LogP contribution in [0, 0.1) is 10.1 Å². The topological polar surface area (TPSA) is 87.3 Å². The largest absolute Gasteiger partial charge is 0.424 e. The fraction of sp³-hybridized carbons (Fsp3) is 0. The first-order chi connectivity index (χ1) is 8.18. The first-order valence-electron chi connectivity index (χ1n) is 4.62. The van der Waals surface area contributed by atoms with E-state index in [1.54, 1.807) is 6.07 Å². The summed E-state index contributed by atoms with van der Waals surface area (Å²) in [5.74, 6) is -0.101. The predicted molar refractivity (Wildman–Crippen MR) is 56.7 cm³/mol. The number of nitro benzene ring substituents is 1.